The summed E-state index contributed by atoms with van der Waals surface area (Å²) in [5.74, 6) is 7.16. The van der Waals surface area contributed by atoms with E-state index in [1.807, 2.05) is 36.4 Å². The molecule has 21 heavy (non-hydrogen) atoms. The first kappa shape index (κ1) is 15.8. The fourth-order valence-corrected chi connectivity index (χ4v) is 2.78. The lowest BCUT2D eigenvalue weighted by Gasteiger charge is -2.21. The molecular weight excluding hydrogens is 332 g/mol. The molecule has 4 nitrogen and oxygen atoms in total. The van der Waals surface area contributed by atoms with E-state index in [0.29, 0.717) is 11.5 Å². The van der Waals surface area contributed by atoms with Crippen LogP contribution in [0.4, 0.5) is 0 Å². The number of hydrogen-bond acceptors (Lipinski definition) is 4. The summed E-state index contributed by atoms with van der Waals surface area (Å²) in [6, 6.07) is 13.8. The summed E-state index contributed by atoms with van der Waals surface area (Å²) in [6.07, 6.45) is 0.738. The van der Waals surface area contributed by atoms with Gasteiger partial charge in [0.25, 0.3) is 0 Å². The quantitative estimate of drug-likeness (QED) is 0.620. The van der Waals surface area contributed by atoms with Gasteiger partial charge in [0.05, 0.1) is 20.3 Å². The molecule has 5 heteroatoms. The van der Waals surface area contributed by atoms with Gasteiger partial charge in [-0.3, -0.25) is 11.3 Å². The summed E-state index contributed by atoms with van der Waals surface area (Å²) in [4.78, 5) is 0. The molecule has 0 saturated heterocycles. The van der Waals surface area contributed by atoms with Crippen molar-refractivity contribution in [3.8, 4) is 11.5 Å². The third kappa shape index (κ3) is 3.56. The van der Waals surface area contributed by atoms with Crippen LogP contribution in [0.2, 0.25) is 0 Å². The maximum Gasteiger partial charge on any atom is 0.165 e. The summed E-state index contributed by atoms with van der Waals surface area (Å²) in [6.45, 7) is 0. The Morgan fingerprint density at radius 1 is 1.10 bits per heavy atom. The van der Waals surface area contributed by atoms with Crippen molar-refractivity contribution < 1.29 is 9.47 Å². The van der Waals surface area contributed by atoms with Gasteiger partial charge in [0.15, 0.2) is 11.5 Å². The number of para-hydroxylation sites is 1. The molecule has 0 radical (unpaired) electrons. The molecule has 0 spiro atoms. The van der Waals surface area contributed by atoms with Crippen LogP contribution in [0.15, 0.2) is 46.9 Å². The average molecular weight is 351 g/mol. The topological polar surface area (TPSA) is 56.5 Å². The van der Waals surface area contributed by atoms with Crippen molar-refractivity contribution in [2.24, 2.45) is 5.84 Å². The van der Waals surface area contributed by atoms with E-state index >= 15 is 0 Å². The monoisotopic (exact) mass is 350 g/mol. The summed E-state index contributed by atoms with van der Waals surface area (Å²) < 4.78 is 11.9. The highest BCUT2D eigenvalue weighted by Gasteiger charge is 2.19. The molecule has 2 aromatic carbocycles. The number of rotatable bonds is 6. The number of nitrogens with one attached hydrogen (secondary N) is 1. The third-order valence-electron chi connectivity index (χ3n) is 3.39. The molecule has 0 aliphatic heterocycles. The van der Waals surface area contributed by atoms with Gasteiger partial charge in [-0.15, -0.1) is 0 Å². The van der Waals surface area contributed by atoms with Crippen LogP contribution in [0.5, 0.6) is 11.5 Å². The molecule has 0 aliphatic carbocycles. The zero-order valence-corrected chi connectivity index (χ0v) is 13.7. The molecule has 2 aromatic rings. The highest BCUT2D eigenvalue weighted by atomic mass is 79.9. The average Bonchev–Trinajstić information content (AvgIpc) is 2.53. The minimum atomic E-state index is -0.0752. The highest BCUT2D eigenvalue weighted by molar-refractivity contribution is 9.10. The maximum atomic E-state index is 5.76. The van der Waals surface area contributed by atoms with Crippen LogP contribution in [0.3, 0.4) is 0 Å². The lowest BCUT2D eigenvalue weighted by atomic mass is 9.98. The minimum Gasteiger partial charge on any atom is -0.493 e. The van der Waals surface area contributed by atoms with Crippen LogP contribution in [0.1, 0.15) is 17.2 Å². The van der Waals surface area contributed by atoms with Crippen LogP contribution in [-0.4, -0.2) is 14.2 Å². The molecule has 0 amide bonds. The first-order valence-electron chi connectivity index (χ1n) is 6.61. The molecule has 0 heterocycles. The maximum absolute atomic E-state index is 5.76. The summed E-state index contributed by atoms with van der Waals surface area (Å²) in [5, 5.41) is 0. The summed E-state index contributed by atoms with van der Waals surface area (Å²) >= 11 is 3.57. The van der Waals surface area contributed by atoms with E-state index < -0.39 is 0 Å². The van der Waals surface area contributed by atoms with Crippen LogP contribution in [0, 0.1) is 0 Å². The van der Waals surface area contributed by atoms with Gasteiger partial charge in [-0.05, 0) is 24.1 Å². The molecule has 1 atom stereocenters. The Balaban J connectivity index is 2.36. The largest absolute Gasteiger partial charge is 0.493 e. The molecule has 0 fully saturated rings. The second-order valence-corrected chi connectivity index (χ2v) is 5.45. The van der Waals surface area contributed by atoms with Crippen molar-refractivity contribution in [3.63, 3.8) is 0 Å². The van der Waals surface area contributed by atoms with Crippen molar-refractivity contribution in [1.82, 2.24) is 5.43 Å². The standard InChI is InChI=1S/C16H19BrN2O2/c1-20-15-9-5-7-12(16(15)21-2)14(19-18)10-11-6-3-4-8-13(11)17/h3-9,14,19H,10,18H2,1-2H3. The fraction of sp³-hybridized carbons (Fsp3) is 0.250. The first-order chi connectivity index (χ1) is 10.2. The summed E-state index contributed by atoms with van der Waals surface area (Å²) in [7, 11) is 3.26. The van der Waals surface area contributed by atoms with Gasteiger partial charge in [0.2, 0.25) is 0 Å². The normalized spacial score (nSPS) is 12.0. The number of ether oxygens (including phenoxy) is 2. The highest BCUT2D eigenvalue weighted by Crippen LogP contribution is 2.36. The number of hydrazine groups is 1. The second-order valence-electron chi connectivity index (χ2n) is 4.60. The Morgan fingerprint density at radius 2 is 1.86 bits per heavy atom. The lowest BCUT2D eigenvalue weighted by molar-refractivity contribution is 0.346. The van der Waals surface area contributed by atoms with Crippen molar-refractivity contribution >= 4 is 15.9 Å². The van der Waals surface area contributed by atoms with Gasteiger partial charge in [-0.25, -0.2) is 0 Å². The van der Waals surface area contributed by atoms with Gasteiger partial charge in [-0.1, -0.05) is 46.3 Å². The number of methoxy groups -OCH3 is 2. The SMILES string of the molecule is COc1cccc(C(Cc2ccccc2Br)NN)c1OC. The molecule has 1 unspecified atom stereocenters. The minimum absolute atomic E-state index is 0.0752. The molecule has 0 bridgehead atoms. The Kier molecular flexibility index (Phi) is 5.61. The van der Waals surface area contributed by atoms with Crippen molar-refractivity contribution in [2.45, 2.75) is 12.5 Å². The Bertz CT molecular complexity index is 605. The van der Waals surface area contributed by atoms with Gasteiger partial charge < -0.3 is 9.47 Å². The molecule has 3 N–H and O–H groups in total. The summed E-state index contributed by atoms with van der Waals surface area (Å²) in [5.41, 5.74) is 5.00. The van der Waals surface area contributed by atoms with E-state index in [-0.39, 0.29) is 6.04 Å². The molecule has 0 aliphatic rings. The third-order valence-corrected chi connectivity index (χ3v) is 4.17. The fourth-order valence-electron chi connectivity index (χ4n) is 2.33. The molecule has 0 saturated carbocycles. The van der Waals surface area contributed by atoms with E-state index in [1.165, 1.54) is 5.56 Å². The second kappa shape index (κ2) is 7.45. The van der Waals surface area contributed by atoms with Crippen molar-refractivity contribution in [3.05, 3.63) is 58.1 Å². The van der Waals surface area contributed by atoms with E-state index in [2.05, 4.69) is 27.4 Å². The molecule has 2 rings (SSSR count). The number of benzene rings is 2. The van der Waals surface area contributed by atoms with Crippen molar-refractivity contribution in [2.75, 3.05) is 14.2 Å². The first-order valence-corrected chi connectivity index (χ1v) is 7.41. The Labute approximate surface area is 133 Å². The predicted molar refractivity (Wildman–Crippen MR) is 87.5 cm³/mol. The molecule has 112 valence electrons. The Hall–Kier alpha value is -1.56. The Morgan fingerprint density at radius 3 is 2.48 bits per heavy atom. The van der Waals surface area contributed by atoms with E-state index in [0.717, 1.165) is 16.5 Å². The van der Waals surface area contributed by atoms with E-state index in [1.54, 1.807) is 14.2 Å². The van der Waals surface area contributed by atoms with Gasteiger partial charge in [0, 0.05) is 10.0 Å². The molecule has 0 aromatic heterocycles. The predicted octanol–water partition coefficient (Wildman–Crippen LogP) is 3.21. The van der Waals surface area contributed by atoms with Crippen LogP contribution >= 0.6 is 15.9 Å². The zero-order chi connectivity index (χ0) is 15.2. The van der Waals surface area contributed by atoms with E-state index in [4.69, 9.17) is 15.3 Å². The smallest absolute Gasteiger partial charge is 0.165 e. The zero-order valence-electron chi connectivity index (χ0n) is 12.1. The van der Waals surface area contributed by atoms with Crippen LogP contribution in [-0.2, 0) is 6.42 Å². The lowest BCUT2D eigenvalue weighted by Crippen LogP contribution is -2.30. The van der Waals surface area contributed by atoms with E-state index in [9.17, 15) is 0 Å². The van der Waals surface area contributed by atoms with Crippen LogP contribution in [0.25, 0.3) is 0 Å². The van der Waals surface area contributed by atoms with Gasteiger partial charge in [0.1, 0.15) is 0 Å². The van der Waals surface area contributed by atoms with Gasteiger partial charge in [-0.2, -0.15) is 0 Å². The number of hydrogen-bond donors (Lipinski definition) is 2. The molecular formula is C16H19BrN2O2. The number of halogens is 1. The number of nitrogens with two attached hydrogens (primary N) is 1. The van der Waals surface area contributed by atoms with Crippen LogP contribution < -0.4 is 20.7 Å². The van der Waals surface area contributed by atoms with Crippen molar-refractivity contribution in [1.29, 1.82) is 0 Å². The van der Waals surface area contributed by atoms with Gasteiger partial charge >= 0.3 is 0 Å².